The molecule has 1 aliphatic rings. The van der Waals surface area contributed by atoms with Gasteiger partial charge < -0.3 is 0 Å². The second kappa shape index (κ2) is 3.47. The van der Waals surface area contributed by atoms with Gasteiger partial charge in [-0.25, -0.2) is 0 Å². The lowest BCUT2D eigenvalue weighted by molar-refractivity contribution is 0.291. The van der Waals surface area contributed by atoms with E-state index in [4.69, 9.17) is 0 Å². The summed E-state index contributed by atoms with van der Waals surface area (Å²) in [5, 5.41) is 0. The maximum atomic E-state index is 4.11. The van der Waals surface area contributed by atoms with Crippen LogP contribution in [-0.4, -0.2) is 0 Å². The molecule has 0 aromatic heterocycles. The van der Waals surface area contributed by atoms with E-state index in [1.165, 1.54) is 43.3 Å². The smallest absolute Gasteiger partial charge is 0.0110 e. The summed E-state index contributed by atoms with van der Waals surface area (Å²) < 4.78 is 0. The van der Waals surface area contributed by atoms with Gasteiger partial charge in [-0.2, -0.15) is 0 Å². The van der Waals surface area contributed by atoms with E-state index < -0.39 is 0 Å². The molecule has 0 unspecified atom stereocenters. The lowest BCUT2D eigenvalue weighted by Crippen LogP contribution is -2.25. The highest BCUT2D eigenvalue weighted by molar-refractivity contribution is 5.23. The summed E-state index contributed by atoms with van der Waals surface area (Å²) in [7, 11) is 0. The van der Waals surface area contributed by atoms with Crippen molar-refractivity contribution in [2.75, 3.05) is 0 Å². The Hall–Kier alpha value is -0.520. The SMILES string of the molecule is C=C(C)C1(C(=C)C)CCCCC1. The summed E-state index contributed by atoms with van der Waals surface area (Å²) in [6.45, 7) is 12.5. The van der Waals surface area contributed by atoms with Gasteiger partial charge in [0.05, 0.1) is 0 Å². The highest BCUT2D eigenvalue weighted by atomic mass is 14.4. The van der Waals surface area contributed by atoms with Crippen molar-refractivity contribution in [1.29, 1.82) is 0 Å². The van der Waals surface area contributed by atoms with Crippen LogP contribution in [0.2, 0.25) is 0 Å². The fourth-order valence-corrected chi connectivity index (χ4v) is 2.37. The van der Waals surface area contributed by atoms with Gasteiger partial charge in [-0.1, -0.05) is 43.6 Å². The minimum Gasteiger partial charge on any atom is -0.0993 e. The highest BCUT2D eigenvalue weighted by Gasteiger charge is 2.33. The number of allylic oxidation sites excluding steroid dienone is 2. The van der Waals surface area contributed by atoms with Crippen molar-refractivity contribution in [3.05, 3.63) is 24.3 Å². The van der Waals surface area contributed by atoms with Crippen molar-refractivity contribution in [3.8, 4) is 0 Å². The summed E-state index contributed by atoms with van der Waals surface area (Å²) >= 11 is 0. The van der Waals surface area contributed by atoms with Crippen LogP contribution in [0.15, 0.2) is 24.3 Å². The number of hydrogen-bond acceptors (Lipinski definition) is 0. The van der Waals surface area contributed by atoms with Crippen LogP contribution in [0.1, 0.15) is 46.0 Å². The lowest BCUT2D eigenvalue weighted by atomic mass is 9.66. The fraction of sp³-hybridized carbons (Fsp3) is 0.667. The predicted octanol–water partition coefficient (Wildman–Crippen LogP) is 4.09. The molecule has 0 atom stereocenters. The molecular formula is C12H20. The van der Waals surface area contributed by atoms with Gasteiger partial charge in [0.1, 0.15) is 0 Å². The van der Waals surface area contributed by atoms with Gasteiger partial charge >= 0.3 is 0 Å². The molecule has 0 aromatic rings. The zero-order valence-electron chi connectivity index (χ0n) is 8.45. The van der Waals surface area contributed by atoms with Gasteiger partial charge in [-0.3, -0.25) is 0 Å². The maximum Gasteiger partial charge on any atom is 0.0110 e. The van der Waals surface area contributed by atoms with Crippen LogP contribution in [0, 0.1) is 5.41 Å². The Balaban J connectivity index is 2.84. The molecule has 0 amide bonds. The Morgan fingerprint density at radius 3 is 1.58 bits per heavy atom. The Labute approximate surface area is 76.4 Å². The molecule has 0 bridgehead atoms. The van der Waals surface area contributed by atoms with Crippen LogP contribution >= 0.6 is 0 Å². The lowest BCUT2D eigenvalue weighted by Gasteiger charge is -2.38. The van der Waals surface area contributed by atoms with Crippen molar-refractivity contribution in [2.45, 2.75) is 46.0 Å². The molecule has 0 radical (unpaired) electrons. The number of hydrogen-bond donors (Lipinski definition) is 0. The van der Waals surface area contributed by atoms with Crippen molar-refractivity contribution < 1.29 is 0 Å². The molecule has 0 heterocycles. The van der Waals surface area contributed by atoms with Gasteiger partial charge in [-0.05, 0) is 26.7 Å². The highest BCUT2D eigenvalue weighted by Crippen LogP contribution is 2.46. The van der Waals surface area contributed by atoms with E-state index in [1.54, 1.807) is 0 Å². The molecular weight excluding hydrogens is 144 g/mol. The van der Waals surface area contributed by atoms with E-state index in [2.05, 4.69) is 27.0 Å². The third kappa shape index (κ3) is 1.48. The Morgan fingerprint density at radius 2 is 1.33 bits per heavy atom. The topological polar surface area (TPSA) is 0 Å². The monoisotopic (exact) mass is 164 g/mol. The van der Waals surface area contributed by atoms with E-state index in [1.807, 2.05) is 0 Å². The molecule has 0 spiro atoms. The first-order valence-corrected chi connectivity index (χ1v) is 4.91. The molecule has 0 aliphatic heterocycles. The molecule has 1 saturated carbocycles. The van der Waals surface area contributed by atoms with Crippen molar-refractivity contribution in [1.82, 2.24) is 0 Å². The first-order valence-electron chi connectivity index (χ1n) is 4.91. The molecule has 68 valence electrons. The summed E-state index contributed by atoms with van der Waals surface area (Å²) in [5.74, 6) is 0. The average molecular weight is 164 g/mol. The molecule has 0 N–H and O–H groups in total. The third-order valence-electron chi connectivity index (χ3n) is 3.34. The Kier molecular flexibility index (Phi) is 2.76. The van der Waals surface area contributed by atoms with Crippen molar-refractivity contribution in [2.24, 2.45) is 5.41 Å². The summed E-state index contributed by atoms with van der Waals surface area (Å²) in [6.07, 6.45) is 6.64. The van der Waals surface area contributed by atoms with E-state index in [0.717, 1.165) is 0 Å². The zero-order chi connectivity index (χ0) is 9.19. The molecule has 1 rings (SSSR count). The molecule has 0 saturated heterocycles. The Bertz CT molecular complexity index is 176. The van der Waals surface area contributed by atoms with Crippen LogP contribution in [0.4, 0.5) is 0 Å². The van der Waals surface area contributed by atoms with Crippen molar-refractivity contribution in [3.63, 3.8) is 0 Å². The van der Waals surface area contributed by atoms with Crippen LogP contribution < -0.4 is 0 Å². The van der Waals surface area contributed by atoms with Crippen LogP contribution in [-0.2, 0) is 0 Å². The normalized spacial score (nSPS) is 21.8. The average Bonchev–Trinajstić information content (AvgIpc) is 2.05. The van der Waals surface area contributed by atoms with E-state index >= 15 is 0 Å². The predicted molar refractivity (Wildman–Crippen MR) is 55.1 cm³/mol. The zero-order valence-corrected chi connectivity index (χ0v) is 8.45. The molecule has 12 heavy (non-hydrogen) atoms. The van der Waals surface area contributed by atoms with Gasteiger partial charge in [0.15, 0.2) is 0 Å². The molecule has 1 aliphatic carbocycles. The van der Waals surface area contributed by atoms with Crippen LogP contribution in [0.3, 0.4) is 0 Å². The van der Waals surface area contributed by atoms with Gasteiger partial charge in [-0.15, -0.1) is 0 Å². The largest absolute Gasteiger partial charge is 0.0993 e. The maximum absolute atomic E-state index is 4.11. The molecule has 0 aromatic carbocycles. The number of rotatable bonds is 2. The second-order valence-electron chi connectivity index (χ2n) is 4.20. The summed E-state index contributed by atoms with van der Waals surface area (Å²) in [6, 6.07) is 0. The fourth-order valence-electron chi connectivity index (χ4n) is 2.37. The van der Waals surface area contributed by atoms with Gasteiger partial charge in [0.25, 0.3) is 0 Å². The standard InChI is InChI=1S/C12H20/c1-10(2)12(11(3)4)8-6-5-7-9-12/h1,3,5-9H2,2,4H3. The van der Waals surface area contributed by atoms with E-state index in [0.29, 0.717) is 0 Å². The molecule has 0 heteroatoms. The minimum absolute atomic E-state index is 0.290. The minimum atomic E-state index is 0.290. The quantitative estimate of drug-likeness (QED) is 0.539. The van der Waals surface area contributed by atoms with E-state index in [-0.39, 0.29) is 5.41 Å². The third-order valence-corrected chi connectivity index (χ3v) is 3.34. The van der Waals surface area contributed by atoms with Crippen LogP contribution in [0.25, 0.3) is 0 Å². The Morgan fingerprint density at radius 1 is 0.917 bits per heavy atom. The molecule has 0 nitrogen and oxygen atoms in total. The summed E-state index contributed by atoms with van der Waals surface area (Å²) in [5.41, 5.74) is 2.92. The summed E-state index contributed by atoms with van der Waals surface area (Å²) in [4.78, 5) is 0. The molecule has 1 fully saturated rings. The van der Waals surface area contributed by atoms with Crippen molar-refractivity contribution >= 4 is 0 Å². The van der Waals surface area contributed by atoms with E-state index in [9.17, 15) is 0 Å². The van der Waals surface area contributed by atoms with Crippen LogP contribution in [0.5, 0.6) is 0 Å². The first kappa shape index (κ1) is 9.57. The first-order chi connectivity index (χ1) is 5.59. The van der Waals surface area contributed by atoms with Gasteiger partial charge in [0.2, 0.25) is 0 Å². The van der Waals surface area contributed by atoms with Gasteiger partial charge in [0, 0.05) is 5.41 Å². The second-order valence-corrected chi connectivity index (χ2v) is 4.20.